The first kappa shape index (κ1) is 14.9. The molecular formula is C17H16ClNO3. The molecule has 0 spiro atoms. The first-order valence-electron chi connectivity index (χ1n) is 7.12. The Hall–Kier alpha value is -2.04. The van der Waals surface area contributed by atoms with Crippen LogP contribution in [0.1, 0.15) is 11.3 Å². The van der Waals surface area contributed by atoms with Crippen LogP contribution in [-0.2, 0) is 4.74 Å². The molecule has 0 radical (unpaired) electrons. The van der Waals surface area contributed by atoms with Crippen molar-refractivity contribution in [1.82, 2.24) is 0 Å². The second kappa shape index (κ2) is 6.81. The zero-order chi connectivity index (χ0) is 15.4. The molecule has 1 aromatic carbocycles. The zero-order valence-corrected chi connectivity index (χ0v) is 12.8. The van der Waals surface area contributed by atoms with Crippen LogP contribution in [0.3, 0.4) is 0 Å². The predicted octanol–water partition coefficient (Wildman–Crippen LogP) is 3.30. The normalized spacial score (nSPS) is 15.4. The maximum Gasteiger partial charge on any atom is 0.200 e. The van der Waals surface area contributed by atoms with Crippen molar-refractivity contribution in [2.75, 3.05) is 31.2 Å². The van der Waals surface area contributed by atoms with Gasteiger partial charge in [-0.25, -0.2) is 0 Å². The minimum absolute atomic E-state index is 0.0662. The monoisotopic (exact) mass is 317 g/mol. The van der Waals surface area contributed by atoms with E-state index < -0.39 is 0 Å². The van der Waals surface area contributed by atoms with Gasteiger partial charge in [-0.2, -0.15) is 0 Å². The molecule has 114 valence electrons. The molecule has 2 aromatic rings. The molecule has 0 saturated carbocycles. The molecule has 1 fully saturated rings. The van der Waals surface area contributed by atoms with Gasteiger partial charge in [-0.1, -0.05) is 29.8 Å². The molecule has 0 N–H and O–H groups in total. The third-order valence-electron chi connectivity index (χ3n) is 3.41. The van der Waals surface area contributed by atoms with Crippen LogP contribution in [0.25, 0.3) is 12.2 Å². The molecule has 0 bridgehead atoms. The summed E-state index contributed by atoms with van der Waals surface area (Å²) in [6.07, 6.45) is 3.67. The summed E-state index contributed by atoms with van der Waals surface area (Å²) in [7, 11) is 0. The van der Waals surface area contributed by atoms with Crippen molar-refractivity contribution in [3.05, 3.63) is 63.0 Å². The average molecular weight is 318 g/mol. The van der Waals surface area contributed by atoms with Gasteiger partial charge in [0, 0.05) is 30.2 Å². The van der Waals surface area contributed by atoms with Crippen LogP contribution in [0.4, 0.5) is 5.88 Å². The van der Waals surface area contributed by atoms with E-state index in [9.17, 15) is 4.79 Å². The van der Waals surface area contributed by atoms with E-state index in [1.165, 1.54) is 12.1 Å². The van der Waals surface area contributed by atoms with Crippen molar-refractivity contribution < 1.29 is 9.15 Å². The number of hydrogen-bond acceptors (Lipinski definition) is 4. The fourth-order valence-corrected chi connectivity index (χ4v) is 2.38. The Morgan fingerprint density at radius 1 is 1.05 bits per heavy atom. The van der Waals surface area contributed by atoms with Gasteiger partial charge < -0.3 is 14.1 Å². The first-order valence-corrected chi connectivity index (χ1v) is 7.50. The van der Waals surface area contributed by atoms with Crippen LogP contribution in [0.5, 0.6) is 0 Å². The molecule has 0 atom stereocenters. The molecule has 0 unspecified atom stereocenters. The van der Waals surface area contributed by atoms with Gasteiger partial charge >= 0.3 is 0 Å². The third kappa shape index (κ3) is 3.78. The number of morpholine rings is 1. The second-order valence-corrected chi connectivity index (χ2v) is 5.45. The molecule has 1 aliphatic rings. The first-order chi connectivity index (χ1) is 10.7. The number of ether oxygens (including phenoxy) is 1. The fraction of sp³-hybridized carbons (Fsp3) is 0.235. The van der Waals surface area contributed by atoms with E-state index in [2.05, 4.69) is 0 Å². The predicted molar refractivity (Wildman–Crippen MR) is 88.4 cm³/mol. The van der Waals surface area contributed by atoms with Gasteiger partial charge in [-0.05, 0) is 23.8 Å². The molecule has 0 aliphatic carbocycles. The summed E-state index contributed by atoms with van der Waals surface area (Å²) in [5.41, 5.74) is 0.923. The zero-order valence-electron chi connectivity index (χ0n) is 12.0. The van der Waals surface area contributed by atoms with Crippen molar-refractivity contribution >= 4 is 29.6 Å². The molecule has 1 aliphatic heterocycles. The lowest BCUT2D eigenvalue weighted by Crippen LogP contribution is -2.36. The summed E-state index contributed by atoms with van der Waals surface area (Å²) in [4.78, 5) is 13.9. The topological polar surface area (TPSA) is 42.7 Å². The van der Waals surface area contributed by atoms with Crippen molar-refractivity contribution in [2.45, 2.75) is 0 Å². The molecule has 1 saturated heterocycles. The van der Waals surface area contributed by atoms with Crippen LogP contribution in [0, 0.1) is 0 Å². The van der Waals surface area contributed by atoms with Crippen LogP contribution in [0.2, 0.25) is 5.02 Å². The molecule has 0 amide bonds. The molecular weight excluding hydrogens is 302 g/mol. The maximum atomic E-state index is 11.8. The van der Waals surface area contributed by atoms with E-state index in [0.717, 1.165) is 18.7 Å². The number of anilines is 1. The largest absolute Gasteiger partial charge is 0.441 e. The van der Waals surface area contributed by atoms with Gasteiger partial charge in [0.25, 0.3) is 0 Å². The summed E-state index contributed by atoms with van der Waals surface area (Å²) in [5.74, 6) is 1.12. The van der Waals surface area contributed by atoms with Crippen LogP contribution in [-0.4, -0.2) is 26.3 Å². The Labute approximate surface area is 133 Å². The fourth-order valence-electron chi connectivity index (χ4n) is 2.26. The summed E-state index contributed by atoms with van der Waals surface area (Å²) in [5, 5.41) is 0.693. The quantitative estimate of drug-likeness (QED) is 0.871. The molecule has 4 nitrogen and oxygen atoms in total. The highest BCUT2D eigenvalue weighted by Gasteiger charge is 2.14. The van der Waals surface area contributed by atoms with Crippen LogP contribution < -0.4 is 10.3 Å². The Bertz CT molecular complexity index is 715. The summed E-state index contributed by atoms with van der Waals surface area (Å²) < 4.78 is 11.1. The van der Waals surface area contributed by atoms with Gasteiger partial charge in [-0.3, -0.25) is 4.79 Å². The Balaban J connectivity index is 1.82. The van der Waals surface area contributed by atoms with Crippen molar-refractivity contribution in [3.8, 4) is 0 Å². The van der Waals surface area contributed by atoms with E-state index in [1.54, 1.807) is 6.08 Å². The maximum absolute atomic E-state index is 11.8. The van der Waals surface area contributed by atoms with Gasteiger partial charge in [-0.15, -0.1) is 0 Å². The van der Waals surface area contributed by atoms with Crippen molar-refractivity contribution in [2.24, 2.45) is 0 Å². The van der Waals surface area contributed by atoms with Crippen LogP contribution in [0.15, 0.2) is 45.6 Å². The Morgan fingerprint density at radius 3 is 2.50 bits per heavy atom. The Morgan fingerprint density at radius 2 is 1.77 bits per heavy atom. The van der Waals surface area contributed by atoms with Crippen molar-refractivity contribution in [1.29, 1.82) is 0 Å². The molecule has 5 heteroatoms. The molecule has 1 aromatic heterocycles. The van der Waals surface area contributed by atoms with Gasteiger partial charge in [0.1, 0.15) is 5.76 Å². The smallest absolute Gasteiger partial charge is 0.200 e. The average Bonchev–Trinajstić information content (AvgIpc) is 2.55. The lowest BCUT2D eigenvalue weighted by molar-refractivity contribution is 0.120. The highest BCUT2D eigenvalue weighted by molar-refractivity contribution is 6.30. The highest BCUT2D eigenvalue weighted by Crippen LogP contribution is 2.17. The number of rotatable bonds is 3. The molecule has 3 rings (SSSR count). The van der Waals surface area contributed by atoms with E-state index in [0.29, 0.717) is 29.9 Å². The third-order valence-corrected chi connectivity index (χ3v) is 3.66. The lowest BCUT2D eigenvalue weighted by atomic mass is 10.2. The molecule has 2 heterocycles. The van der Waals surface area contributed by atoms with Gasteiger partial charge in [0.05, 0.1) is 13.2 Å². The lowest BCUT2D eigenvalue weighted by Gasteiger charge is -2.27. The van der Waals surface area contributed by atoms with Gasteiger partial charge in [0.15, 0.2) is 11.3 Å². The van der Waals surface area contributed by atoms with E-state index in [-0.39, 0.29) is 5.43 Å². The van der Waals surface area contributed by atoms with E-state index in [4.69, 9.17) is 20.8 Å². The van der Waals surface area contributed by atoms with Crippen LogP contribution >= 0.6 is 11.6 Å². The Kier molecular flexibility index (Phi) is 4.61. The number of nitrogens with zero attached hydrogens (tertiary/aromatic N) is 1. The summed E-state index contributed by atoms with van der Waals surface area (Å²) >= 11 is 5.86. The van der Waals surface area contributed by atoms with Gasteiger partial charge in [0.2, 0.25) is 0 Å². The standard InChI is InChI=1S/C17H16ClNO3/c18-14-4-1-13(2-5-14)3-6-16-11-15(20)12-17(22-16)19-7-9-21-10-8-19/h1-6,11-12H,7-10H2/b6-3+. The number of halogens is 1. The highest BCUT2D eigenvalue weighted by atomic mass is 35.5. The number of benzene rings is 1. The summed E-state index contributed by atoms with van der Waals surface area (Å²) in [6, 6.07) is 10.5. The number of hydrogen-bond donors (Lipinski definition) is 0. The second-order valence-electron chi connectivity index (χ2n) is 5.02. The van der Waals surface area contributed by atoms with Crippen molar-refractivity contribution in [3.63, 3.8) is 0 Å². The SMILES string of the molecule is O=c1cc(/C=C/c2ccc(Cl)cc2)oc(N2CCOCC2)c1. The van der Waals surface area contributed by atoms with E-state index in [1.807, 2.05) is 35.2 Å². The summed E-state index contributed by atoms with van der Waals surface area (Å²) in [6.45, 7) is 2.75. The minimum Gasteiger partial charge on any atom is -0.441 e. The minimum atomic E-state index is -0.0662. The van der Waals surface area contributed by atoms with E-state index >= 15 is 0 Å². The molecule has 22 heavy (non-hydrogen) atoms.